The molecule has 0 radical (unpaired) electrons. The zero-order chi connectivity index (χ0) is 18.0. The standard InChI is InChI=1S/C16H17N3O6/c20-13(18-5-6-25-9-10(18)7-14(21)22)8-19-15(23)11-3-1-2-4-12(11)17-16(19)24/h1-4,10H,5-9H2,(H,17,24)(H,21,22). The maximum absolute atomic E-state index is 12.6. The lowest BCUT2D eigenvalue weighted by Crippen LogP contribution is -2.52. The highest BCUT2D eigenvalue weighted by Gasteiger charge is 2.29. The number of hydrogen-bond donors (Lipinski definition) is 2. The predicted octanol–water partition coefficient (Wildman–Crippen LogP) is -0.608. The van der Waals surface area contributed by atoms with Crippen LogP contribution in [0.4, 0.5) is 0 Å². The number of nitrogens with one attached hydrogen (secondary N) is 1. The number of benzene rings is 1. The van der Waals surface area contributed by atoms with E-state index in [-0.39, 0.29) is 26.2 Å². The van der Waals surface area contributed by atoms with Crippen LogP contribution in [0.15, 0.2) is 33.9 Å². The van der Waals surface area contributed by atoms with Crippen molar-refractivity contribution in [3.8, 4) is 0 Å². The van der Waals surface area contributed by atoms with Crippen molar-refractivity contribution in [3.05, 3.63) is 45.1 Å². The average Bonchev–Trinajstić information content (AvgIpc) is 2.58. The first-order chi connectivity index (χ1) is 12.0. The van der Waals surface area contributed by atoms with Gasteiger partial charge in [0.05, 0.1) is 36.6 Å². The number of carbonyl (C=O) groups excluding carboxylic acids is 1. The number of aromatic nitrogens is 2. The van der Waals surface area contributed by atoms with Crippen LogP contribution >= 0.6 is 0 Å². The topological polar surface area (TPSA) is 122 Å². The SMILES string of the molecule is O=C(O)CC1COCCN1C(=O)Cn1c(=O)[nH]c2ccccc2c1=O. The zero-order valence-electron chi connectivity index (χ0n) is 13.3. The normalized spacial score (nSPS) is 17.6. The van der Waals surface area contributed by atoms with Gasteiger partial charge in [-0.2, -0.15) is 0 Å². The Morgan fingerprint density at radius 3 is 2.80 bits per heavy atom. The minimum absolute atomic E-state index is 0.112. The summed E-state index contributed by atoms with van der Waals surface area (Å²) in [6.45, 7) is 0.165. The molecule has 1 aliphatic heterocycles. The predicted molar refractivity (Wildman–Crippen MR) is 87.4 cm³/mol. The van der Waals surface area contributed by atoms with Gasteiger partial charge in [-0.1, -0.05) is 12.1 Å². The molecule has 1 aromatic carbocycles. The lowest BCUT2D eigenvalue weighted by Gasteiger charge is -2.34. The quantitative estimate of drug-likeness (QED) is 0.761. The van der Waals surface area contributed by atoms with E-state index < -0.39 is 35.7 Å². The van der Waals surface area contributed by atoms with Crippen LogP contribution in [-0.2, 0) is 20.9 Å². The Kier molecular flexibility index (Phi) is 4.66. The summed E-state index contributed by atoms with van der Waals surface area (Å²) in [6, 6.07) is 5.91. The molecule has 1 unspecified atom stereocenters. The van der Waals surface area contributed by atoms with Crippen LogP contribution in [0, 0.1) is 0 Å². The van der Waals surface area contributed by atoms with E-state index in [0.29, 0.717) is 10.9 Å². The zero-order valence-corrected chi connectivity index (χ0v) is 13.3. The van der Waals surface area contributed by atoms with Crippen molar-refractivity contribution in [2.45, 2.75) is 19.0 Å². The maximum Gasteiger partial charge on any atom is 0.329 e. The molecule has 2 heterocycles. The summed E-state index contributed by atoms with van der Waals surface area (Å²) in [5, 5.41) is 9.26. The molecule has 1 aliphatic rings. The molecule has 0 saturated carbocycles. The Labute approximate surface area is 141 Å². The molecule has 1 saturated heterocycles. The minimum Gasteiger partial charge on any atom is -0.481 e. The number of rotatable bonds is 4. The second kappa shape index (κ2) is 6.89. The Morgan fingerprint density at radius 1 is 1.28 bits per heavy atom. The Balaban J connectivity index is 1.90. The van der Waals surface area contributed by atoms with Crippen LogP contribution in [0.25, 0.3) is 10.9 Å². The number of fused-ring (bicyclic) bond motifs is 1. The number of carboxylic acids is 1. The largest absolute Gasteiger partial charge is 0.481 e. The van der Waals surface area contributed by atoms with Gasteiger partial charge in [-0.15, -0.1) is 0 Å². The van der Waals surface area contributed by atoms with Crippen LogP contribution in [0.2, 0.25) is 0 Å². The molecule has 1 aromatic heterocycles. The van der Waals surface area contributed by atoms with Crippen molar-refractivity contribution in [2.75, 3.05) is 19.8 Å². The molecule has 1 fully saturated rings. The second-order valence-electron chi connectivity index (χ2n) is 5.78. The molecule has 0 bridgehead atoms. The van der Waals surface area contributed by atoms with Gasteiger partial charge >= 0.3 is 11.7 Å². The third kappa shape index (κ3) is 3.45. The fourth-order valence-electron chi connectivity index (χ4n) is 2.92. The Hall–Kier alpha value is -2.94. The molecule has 1 atom stereocenters. The van der Waals surface area contributed by atoms with Gasteiger partial charge in [-0.25, -0.2) is 4.79 Å². The number of amides is 1. The lowest BCUT2D eigenvalue weighted by atomic mass is 10.1. The molecule has 0 aliphatic carbocycles. The number of para-hydroxylation sites is 1. The van der Waals surface area contributed by atoms with Gasteiger partial charge < -0.3 is 19.7 Å². The number of morpholine rings is 1. The van der Waals surface area contributed by atoms with E-state index in [1.165, 1.54) is 4.90 Å². The van der Waals surface area contributed by atoms with Gasteiger partial charge in [0.15, 0.2) is 0 Å². The van der Waals surface area contributed by atoms with Crippen LogP contribution in [-0.4, -0.2) is 57.2 Å². The summed E-state index contributed by atoms with van der Waals surface area (Å²) in [5.41, 5.74) is -0.841. The number of nitrogens with zero attached hydrogens (tertiary/aromatic N) is 2. The summed E-state index contributed by atoms with van der Waals surface area (Å²) in [5.74, 6) is -1.54. The molecule has 9 nitrogen and oxygen atoms in total. The Morgan fingerprint density at radius 2 is 2.04 bits per heavy atom. The number of aliphatic carboxylic acids is 1. The molecule has 0 spiro atoms. The Bertz CT molecular complexity index is 931. The van der Waals surface area contributed by atoms with E-state index in [9.17, 15) is 19.2 Å². The first kappa shape index (κ1) is 16.9. The van der Waals surface area contributed by atoms with Crippen molar-refractivity contribution < 1.29 is 19.4 Å². The summed E-state index contributed by atoms with van der Waals surface area (Å²) in [4.78, 5) is 52.1. The van der Waals surface area contributed by atoms with Gasteiger partial charge in [-0.05, 0) is 12.1 Å². The third-order valence-corrected chi connectivity index (χ3v) is 4.14. The van der Waals surface area contributed by atoms with Crippen molar-refractivity contribution in [1.29, 1.82) is 0 Å². The van der Waals surface area contributed by atoms with Gasteiger partial charge in [0.25, 0.3) is 5.56 Å². The number of carboxylic acid groups (broad SMARTS) is 1. The van der Waals surface area contributed by atoms with Gasteiger partial charge in [0.1, 0.15) is 6.54 Å². The van der Waals surface area contributed by atoms with Crippen LogP contribution in [0.1, 0.15) is 6.42 Å². The average molecular weight is 347 g/mol. The maximum atomic E-state index is 12.6. The van der Waals surface area contributed by atoms with E-state index in [4.69, 9.17) is 9.84 Å². The summed E-state index contributed by atoms with van der Waals surface area (Å²) >= 11 is 0. The molecule has 1 amide bonds. The summed E-state index contributed by atoms with van der Waals surface area (Å²) < 4.78 is 6.06. The van der Waals surface area contributed by atoms with Crippen molar-refractivity contribution in [1.82, 2.24) is 14.5 Å². The monoisotopic (exact) mass is 347 g/mol. The van der Waals surface area contributed by atoms with Gasteiger partial charge in [0.2, 0.25) is 5.91 Å². The highest BCUT2D eigenvalue weighted by molar-refractivity contribution is 5.79. The molecule has 9 heteroatoms. The molecular formula is C16H17N3O6. The highest BCUT2D eigenvalue weighted by atomic mass is 16.5. The van der Waals surface area contributed by atoms with E-state index in [1.54, 1.807) is 24.3 Å². The number of carbonyl (C=O) groups is 2. The lowest BCUT2D eigenvalue weighted by molar-refractivity contribution is -0.146. The number of H-pyrrole nitrogens is 1. The third-order valence-electron chi connectivity index (χ3n) is 4.14. The first-order valence-electron chi connectivity index (χ1n) is 7.78. The highest BCUT2D eigenvalue weighted by Crippen LogP contribution is 2.11. The van der Waals surface area contributed by atoms with E-state index >= 15 is 0 Å². The number of aromatic amines is 1. The van der Waals surface area contributed by atoms with Crippen molar-refractivity contribution in [3.63, 3.8) is 0 Å². The molecular weight excluding hydrogens is 330 g/mol. The fraction of sp³-hybridized carbons (Fsp3) is 0.375. The molecule has 3 rings (SSSR count). The van der Waals surface area contributed by atoms with Gasteiger partial charge in [-0.3, -0.25) is 19.0 Å². The summed E-state index contributed by atoms with van der Waals surface area (Å²) in [6.07, 6.45) is -0.255. The molecule has 2 N–H and O–H groups in total. The van der Waals surface area contributed by atoms with Crippen molar-refractivity contribution >= 4 is 22.8 Å². The second-order valence-corrected chi connectivity index (χ2v) is 5.78. The van der Waals surface area contributed by atoms with E-state index in [0.717, 1.165) is 4.57 Å². The summed E-state index contributed by atoms with van der Waals surface area (Å²) in [7, 11) is 0. The minimum atomic E-state index is -1.05. The fourth-order valence-corrected chi connectivity index (χ4v) is 2.92. The van der Waals surface area contributed by atoms with Crippen LogP contribution in [0.5, 0.6) is 0 Å². The molecule has 132 valence electrons. The van der Waals surface area contributed by atoms with Crippen molar-refractivity contribution in [2.24, 2.45) is 0 Å². The van der Waals surface area contributed by atoms with E-state index in [2.05, 4.69) is 4.98 Å². The number of ether oxygens (including phenoxy) is 1. The van der Waals surface area contributed by atoms with E-state index in [1.807, 2.05) is 0 Å². The molecule has 2 aromatic rings. The molecule has 25 heavy (non-hydrogen) atoms. The first-order valence-corrected chi connectivity index (χ1v) is 7.78. The number of hydrogen-bond acceptors (Lipinski definition) is 5. The van der Waals surface area contributed by atoms with Crippen LogP contribution < -0.4 is 11.2 Å². The van der Waals surface area contributed by atoms with Crippen LogP contribution in [0.3, 0.4) is 0 Å². The van der Waals surface area contributed by atoms with Gasteiger partial charge in [0, 0.05) is 6.54 Å². The smallest absolute Gasteiger partial charge is 0.329 e.